The number of nitrogens with one attached hydrogen (secondary N) is 2. The maximum absolute atomic E-state index is 12.4. The third-order valence-electron chi connectivity index (χ3n) is 4.02. The zero-order valence-corrected chi connectivity index (χ0v) is 16.0. The summed E-state index contributed by atoms with van der Waals surface area (Å²) in [5.41, 5.74) is 2.52. The third-order valence-corrected chi connectivity index (χ3v) is 4.26. The average Bonchev–Trinajstić information content (AvgIpc) is 2.69. The normalized spacial score (nSPS) is 10.4. The Hall–Kier alpha value is -3.25. The standard InChI is InChI=1S/C21H19ClN4O2/c1-14(27)16-5-7-18(8-6-16)25-20(28)19-10-12-24-21(26-19)23-11-9-15-3-2-4-17(22)13-15/h2-8,10,12-13H,9,11H2,1H3,(H,25,28)(H,23,24,26). The molecule has 1 amide bonds. The molecule has 0 bridgehead atoms. The van der Waals surface area contributed by atoms with Crippen LogP contribution in [0, 0.1) is 0 Å². The number of Topliss-reactive ketones (excluding diaryl/α,β-unsaturated/α-hetero) is 1. The van der Waals surface area contributed by atoms with Gasteiger partial charge in [-0.1, -0.05) is 23.7 Å². The van der Waals surface area contributed by atoms with Gasteiger partial charge >= 0.3 is 0 Å². The lowest BCUT2D eigenvalue weighted by Crippen LogP contribution is -2.16. The molecule has 6 nitrogen and oxygen atoms in total. The van der Waals surface area contributed by atoms with E-state index in [1.54, 1.807) is 30.3 Å². The molecule has 0 aliphatic rings. The van der Waals surface area contributed by atoms with Crippen LogP contribution in [-0.4, -0.2) is 28.2 Å². The molecular weight excluding hydrogens is 376 g/mol. The Morgan fingerprint density at radius 2 is 1.86 bits per heavy atom. The highest BCUT2D eigenvalue weighted by atomic mass is 35.5. The summed E-state index contributed by atoms with van der Waals surface area (Å²) in [4.78, 5) is 32.1. The van der Waals surface area contributed by atoms with Crippen molar-refractivity contribution in [3.05, 3.63) is 82.6 Å². The van der Waals surface area contributed by atoms with Crippen molar-refractivity contribution >= 4 is 34.9 Å². The smallest absolute Gasteiger partial charge is 0.274 e. The van der Waals surface area contributed by atoms with Gasteiger partial charge in [-0.3, -0.25) is 9.59 Å². The number of carbonyl (C=O) groups excluding carboxylic acids is 2. The molecule has 0 fully saturated rings. The summed E-state index contributed by atoms with van der Waals surface area (Å²) in [5, 5.41) is 6.56. The molecule has 0 saturated heterocycles. The van der Waals surface area contributed by atoms with Gasteiger partial charge in [-0.2, -0.15) is 0 Å². The van der Waals surface area contributed by atoms with Crippen LogP contribution in [0.1, 0.15) is 33.3 Å². The first-order valence-electron chi connectivity index (χ1n) is 8.75. The molecule has 7 heteroatoms. The van der Waals surface area contributed by atoms with E-state index in [0.29, 0.717) is 28.8 Å². The SMILES string of the molecule is CC(=O)c1ccc(NC(=O)c2ccnc(NCCc3cccc(Cl)c3)n2)cc1. The maximum Gasteiger partial charge on any atom is 0.274 e. The molecule has 3 rings (SSSR count). The number of amides is 1. The molecule has 0 atom stereocenters. The van der Waals surface area contributed by atoms with Gasteiger partial charge in [0.15, 0.2) is 5.78 Å². The predicted octanol–water partition coefficient (Wildman–Crippen LogP) is 4.24. The van der Waals surface area contributed by atoms with Crippen LogP contribution in [0.2, 0.25) is 5.02 Å². The number of aromatic nitrogens is 2. The quantitative estimate of drug-likeness (QED) is 0.585. The summed E-state index contributed by atoms with van der Waals surface area (Å²) in [6, 6.07) is 15.9. The average molecular weight is 395 g/mol. The van der Waals surface area contributed by atoms with E-state index in [9.17, 15) is 9.59 Å². The van der Waals surface area contributed by atoms with E-state index < -0.39 is 0 Å². The van der Waals surface area contributed by atoms with Gasteiger partial charge in [-0.25, -0.2) is 9.97 Å². The van der Waals surface area contributed by atoms with Crippen LogP contribution in [0.15, 0.2) is 60.8 Å². The molecule has 2 N–H and O–H groups in total. The number of hydrogen-bond acceptors (Lipinski definition) is 5. The minimum atomic E-state index is -0.351. The van der Waals surface area contributed by atoms with Gasteiger partial charge in [-0.15, -0.1) is 0 Å². The molecular formula is C21H19ClN4O2. The monoisotopic (exact) mass is 394 g/mol. The molecule has 28 heavy (non-hydrogen) atoms. The summed E-state index contributed by atoms with van der Waals surface area (Å²) >= 11 is 5.98. The Kier molecular flexibility index (Phi) is 6.34. The molecule has 0 aliphatic carbocycles. The zero-order valence-electron chi connectivity index (χ0n) is 15.3. The molecule has 142 valence electrons. The van der Waals surface area contributed by atoms with Crippen molar-refractivity contribution in [2.24, 2.45) is 0 Å². The van der Waals surface area contributed by atoms with Crippen LogP contribution in [-0.2, 0) is 6.42 Å². The van der Waals surface area contributed by atoms with Gasteiger partial charge < -0.3 is 10.6 Å². The van der Waals surface area contributed by atoms with Gasteiger partial charge in [0.05, 0.1) is 0 Å². The topological polar surface area (TPSA) is 84.0 Å². The van der Waals surface area contributed by atoms with Crippen molar-refractivity contribution in [2.75, 3.05) is 17.2 Å². The summed E-state index contributed by atoms with van der Waals surface area (Å²) in [6.45, 7) is 2.10. The highest BCUT2D eigenvalue weighted by Crippen LogP contribution is 2.13. The summed E-state index contributed by atoms with van der Waals surface area (Å²) in [5.74, 6) is -0.000334. The highest BCUT2D eigenvalue weighted by molar-refractivity contribution is 6.30. The Balaban J connectivity index is 1.58. The van der Waals surface area contributed by atoms with Crippen LogP contribution in [0.3, 0.4) is 0 Å². The van der Waals surface area contributed by atoms with Gasteiger partial charge in [0.2, 0.25) is 5.95 Å². The number of anilines is 2. The van der Waals surface area contributed by atoms with Crippen LogP contribution in [0.4, 0.5) is 11.6 Å². The number of carbonyl (C=O) groups is 2. The number of nitrogens with zero attached hydrogens (tertiary/aromatic N) is 2. The summed E-state index contributed by atoms with van der Waals surface area (Å²) < 4.78 is 0. The molecule has 0 saturated carbocycles. The highest BCUT2D eigenvalue weighted by Gasteiger charge is 2.10. The van der Waals surface area contributed by atoms with Crippen molar-refractivity contribution in [2.45, 2.75) is 13.3 Å². The van der Waals surface area contributed by atoms with E-state index in [1.807, 2.05) is 24.3 Å². The minimum absolute atomic E-state index is 0.0258. The van der Waals surface area contributed by atoms with E-state index >= 15 is 0 Å². The third kappa shape index (κ3) is 5.37. The van der Waals surface area contributed by atoms with Gasteiger partial charge in [-0.05, 0) is 61.4 Å². The van der Waals surface area contributed by atoms with Crippen molar-refractivity contribution in [3.63, 3.8) is 0 Å². The second-order valence-corrected chi connectivity index (χ2v) is 6.60. The fourth-order valence-corrected chi connectivity index (χ4v) is 2.78. The van der Waals surface area contributed by atoms with E-state index in [1.165, 1.54) is 13.1 Å². The number of halogens is 1. The zero-order chi connectivity index (χ0) is 19.9. The maximum atomic E-state index is 12.4. The number of hydrogen-bond donors (Lipinski definition) is 2. The van der Waals surface area contributed by atoms with Crippen molar-refractivity contribution in [3.8, 4) is 0 Å². The summed E-state index contributed by atoms with van der Waals surface area (Å²) in [6.07, 6.45) is 2.28. The molecule has 0 unspecified atom stereocenters. The molecule has 2 aromatic carbocycles. The first kappa shape index (κ1) is 19.5. The minimum Gasteiger partial charge on any atom is -0.354 e. The number of benzene rings is 2. The second-order valence-electron chi connectivity index (χ2n) is 6.16. The molecule has 0 radical (unpaired) electrons. The van der Waals surface area contributed by atoms with Crippen molar-refractivity contribution in [1.82, 2.24) is 9.97 Å². The van der Waals surface area contributed by atoms with Crippen LogP contribution >= 0.6 is 11.6 Å². The van der Waals surface area contributed by atoms with Crippen molar-refractivity contribution < 1.29 is 9.59 Å². The van der Waals surface area contributed by atoms with E-state index in [4.69, 9.17) is 11.6 Å². The Morgan fingerprint density at radius 3 is 2.57 bits per heavy atom. The molecule has 1 aromatic heterocycles. The fourth-order valence-electron chi connectivity index (χ4n) is 2.56. The Bertz CT molecular complexity index is 990. The lowest BCUT2D eigenvalue weighted by atomic mass is 10.1. The Labute approximate surface area is 168 Å². The fraction of sp³-hybridized carbons (Fsp3) is 0.143. The molecule has 0 aliphatic heterocycles. The largest absolute Gasteiger partial charge is 0.354 e. The first-order valence-corrected chi connectivity index (χ1v) is 9.13. The Morgan fingerprint density at radius 1 is 1.07 bits per heavy atom. The number of rotatable bonds is 7. The van der Waals surface area contributed by atoms with E-state index in [-0.39, 0.29) is 17.4 Å². The van der Waals surface area contributed by atoms with Crippen LogP contribution in [0.5, 0.6) is 0 Å². The molecule has 1 heterocycles. The van der Waals surface area contributed by atoms with Gasteiger partial charge in [0.1, 0.15) is 5.69 Å². The van der Waals surface area contributed by atoms with E-state index in [2.05, 4.69) is 20.6 Å². The lowest BCUT2D eigenvalue weighted by molar-refractivity contribution is 0.101. The second kappa shape index (κ2) is 9.10. The van der Waals surface area contributed by atoms with Gasteiger partial charge in [0.25, 0.3) is 5.91 Å². The lowest BCUT2D eigenvalue weighted by Gasteiger charge is -2.08. The predicted molar refractivity (Wildman–Crippen MR) is 110 cm³/mol. The number of ketones is 1. The molecule has 3 aromatic rings. The summed E-state index contributed by atoms with van der Waals surface area (Å²) in [7, 11) is 0. The van der Waals surface area contributed by atoms with Crippen LogP contribution in [0.25, 0.3) is 0 Å². The van der Waals surface area contributed by atoms with Crippen molar-refractivity contribution in [1.29, 1.82) is 0 Å². The first-order chi connectivity index (χ1) is 13.5. The van der Waals surface area contributed by atoms with E-state index in [0.717, 1.165) is 12.0 Å². The van der Waals surface area contributed by atoms with Gasteiger partial charge in [0, 0.05) is 29.0 Å². The van der Waals surface area contributed by atoms with Crippen LogP contribution < -0.4 is 10.6 Å². The molecule has 0 spiro atoms.